The minimum atomic E-state index is -1.25. The fraction of sp³-hybridized carbons (Fsp3) is 0.125. The Bertz CT molecular complexity index is 744. The van der Waals surface area contributed by atoms with Gasteiger partial charge in [0.15, 0.2) is 0 Å². The maximum Gasteiger partial charge on any atom is 0.338 e. The summed E-state index contributed by atoms with van der Waals surface area (Å²) < 4.78 is 0. The Morgan fingerprint density at radius 2 is 1.91 bits per heavy atom. The van der Waals surface area contributed by atoms with E-state index in [1.165, 1.54) is 12.1 Å². The van der Waals surface area contributed by atoms with Crippen molar-refractivity contribution in [1.29, 1.82) is 0 Å². The van der Waals surface area contributed by atoms with Crippen LogP contribution in [0.15, 0.2) is 36.4 Å². The summed E-state index contributed by atoms with van der Waals surface area (Å²) in [5, 5.41) is 11.6. The van der Waals surface area contributed by atoms with Gasteiger partial charge in [0.25, 0.3) is 0 Å². The van der Waals surface area contributed by atoms with E-state index in [0.29, 0.717) is 0 Å². The summed E-state index contributed by atoms with van der Waals surface area (Å²) >= 11 is 11.8. The second-order valence-corrected chi connectivity index (χ2v) is 5.59. The predicted octanol–water partition coefficient (Wildman–Crippen LogP) is 4.18. The Labute approximate surface area is 137 Å². The van der Waals surface area contributed by atoms with E-state index in [4.69, 9.17) is 28.3 Å². The Balaban J connectivity index is 2.19. The smallest absolute Gasteiger partial charge is 0.338 e. The fourth-order valence-corrected chi connectivity index (χ4v) is 2.63. The van der Waals surface area contributed by atoms with Crippen LogP contribution in [-0.4, -0.2) is 17.0 Å². The Morgan fingerprint density at radius 3 is 2.55 bits per heavy atom. The van der Waals surface area contributed by atoms with Crippen molar-refractivity contribution in [2.45, 2.75) is 13.3 Å². The number of anilines is 1. The number of halogens is 2. The molecular weight excluding hydrogens is 325 g/mol. The van der Waals surface area contributed by atoms with Gasteiger partial charge < -0.3 is 10.4 Å². The van der Waals surface area contributed by atoms with Crippen LogP contribution in [0.2, 0.25) is 10.0 Å². The summed E-state index contributed by atoms with van der Waals surface area (Å²) in [6, 6.07) is 10.4. The average molecular weight is 338 g/mol. The summed E-state index contributed by atoms with van der Waals surface area (Å²) in [5.41, 5.74) is 1.92. The first kappa shape index (κ1) is 16.3. The first-order valence-electron chi connectivity index (χ1n) is 6.45. The first-order valence-corrected chi connectivity index (χ1v) is 7.20. The second-order valence-electron chi connectivity index (χ2n) is 4.80. The largest absolute Gasteiger partial charge is 0.478 e. The highest BCUT2D eigenvalue weighted by atomic mass is 35.5. The molecule has 0 atom stereocenters. The van der Waals surface area contributed by atoms with Crippen molar-refractivity contribution < 1.29 is 14.7 Å². The van der Waals surface area contributed by atoms with Gasteiger partial charge in [0.2, 0.25) is 5.91 Å². The maximum atomic E-state index is 12.1. The van der Waals surface area contributed by atoms with Crippen LogP contribution in [-0.2, 0) is 11.2 Å². The van der Waals surface area contributed by atoms with Crippen molar-refractivity contribution in [3.8, 4) is 0 Å². The Hall–Kier alpha value is -2.04. The topological polar surface area (TPSA) is 66.4 Å². The number of hydrogen-bond donors (Lipinski definition) is 2. The molecule has 2 aromatic rings. The van der Waals surface area contributed by atoms with E-state index in [1.807, 2.05) is 31.2 Å². The van der Waals surface area contributed by atoms with Crippen molar-refractivity contribution in [3.63, 3.8) is 0 Å². The molecule has 0 spiro atoms. The zero-order valence-electron chi connectivity index (χ0n) is 11.7. The monoisotopic (exact) mass is 337 g/mol. The molecule has 6 heteroatoms. The molecule has 4 nitrogen and oxygen atoms in total. The molecule has 1 amide bonds. The van der Waals surface area contributed by atoms with Gasteiger partial charge in [-0.3, -0.25) is 4.79 Å². The molecule has 22 heavy (non-hydrogen) atoms. The van der Waals surface area contributed by atoms with Crippen molar-refractivity contribution in [2.75, 3.05) is 5.32 Å². The molecule has 0 fully saturated rings. The highest BCUT2D eigenvalue weighted by molar-refractivity contribution is 6.41. The lowest BCUT2D eigenvalue weighted by molar-refractivity contribution is -0.115. The number of aromatic carboxylic acids is 1. The molecule has 2 N–H and O–H groups in total. The lowest BCUT2D eigenvalue weighted by Crippen LogP contribution is -2.15. The maximum absolute atomic E-state index is 12.1. The second kappa shape index (κ2) is 6.81. The number of amides is 1. The molecule has 0 heterocycles. The summed E-state index contributed by atoms with van der Waals surface area (Å²) in [6.45, 7) is 1.94. The first-order chi connectivity index (χ1) is 10.4. The fourth-order valence-electron chi connectivity index (χ4n) is 2.05. The number of carboxylic acid groups (broad SMARTS) is 1. The van der Waals surface area contributed by atoms with Gasteiger partial charge in [-0.05, 0) is 24.6 Å². The number of aryl methyl sites for hydroxylation is 1. The number of benzene rings is 2. The highest BCUT2D eigenvalue weighted by Gasteiger charge is 2.18. The van der Waals surface area contributed by atoms with Gasteiger partial charge in [-0.25, -0.2) is 4.79 Å². The van der Waals surface area contributed by atoms with Gasteiger partial charge in [-0.2, -0.15) is 0 Å². The Morgan fingerprint density at radius 1 is 1.18 bits per heavy atom. The van der Waals surface area contributed by atoms with Gasteiger partial charge in [-0.15, -0.1) is 0 Å². The number of nitrogens with one attached hydrogen (secondary N) is 1. The average Bonchev–Trinajstić information content (AvgIpc) is 2.41. The third-order valence-corrected chi connectivity index (χ3v) is 3.73. The molecule has 2 rings (SSSR count). The summed E-state index contributed by atoms with van der Waals surface area (Å²) in [5.74, 6) is -1.53. The molecule has 0 aliphatic heterocycles. The Kier molecular flexibility index (Phi) is 5.06. The lowest BCUT2D eigenvalue weighted by Gasteiger charge is -2.10. The van der Waals surface area contributed by atoms with Crippen LogP contribution in [0.3, 0.4) is 0 Å². The van der Waals surface area contributed by atoms with Crippen molar-refractivity contribution >= 4 is 40.8 Å². The lowest BCUT2D eigenvalue weighted by atomic mass is 10.1. The predicted molar refractivity (Wildman–Crippen MR) is 86.9 cm³/mol. The molecule has 0 aromatic heterocycles. The van der Waals surface area contributed by atoms with Crippen LogP contribution in [0.1, 0.15) is 21.5 Å². The summed E-state index contributed by atoms with van der Waals surface area (Å²) in [4.78, 5) is 23.2. The number of carbonyl (C=O) groups is 2. The van der Waals surface area contributed by atoms with Crippen LogP contribution in [0.4, 0.5) is 5.69 Å². The molecule has 0 radical (unpaired) electrons. The molecular formula is C16H13Cl2NO3. The molecule has 0 saturated heterocycles. The third-order valence-electron chi connectivity index (χ3n) is 3.03. The van der Waals surface area contributed by atoms with Crippen molar-refractivity contribution in [1.82, 2.24) is 0 Å². The number of carbonyl (C=O) groups excluding carboxylic acids is 1. The van der Waals surface area contributed by atoms with E-state index < -0.39 is 5.97 Å². The molecule has 0 aliphatic carbocycles. The van der Waals surface area contributed by atoms with Crippen molar-refractivity contribution in [3.05, 3.63) is 63.1 Å². The highest BCUT2D eigenvalue weighted by Crippen LogP contribution is 2.31. The summed E-state index contributed by atoms with van der Waals surface area (Å²) in [7, 11) is 0. The van der Waals surface area contributed by atoms with E-state index in [-0.39, 0.29) is 33.6 Å². The molecule has 0 saturated carbocycles. The van der Waals surface area contributed by atoms with Gasteiger partial charge >= 0.3 is 5.97 Å². The van der Waals surface area contributed by atoms with Crippen LogP contribution >= 0.6 is 23.2 Å². The molecule has 0 unspecified atom stereocenters. The van der Waals surface area contributed by atoms with E-state index in [2.05, 4.69) is 5.32 Å². The quantitative estimate of drug-likeness (QED) is 0.879. The minimum absolute atomic E-state index is 0.0224. The van der Waals surface area contributed by atoms with Crippen LogP contribution in [0.5, 0.6) is 0 Å². The summed E-state index contributed by atoms with van der Waals surface area (Å²) in [6.07, 6.45) is 0.170. The van der Waals surface area contributed by atoms with Gasteiger partial charge in [0.1, 0.15) is 0 Å². The third kappa shape index (κ3) is 3.78. The van der Waals surface area contributed by atoms with Crippen molar-refractivity contribution in [2.24, 2.45) is 0 Å². The van der Waals surface area contributed by atoms with Crippen LogP contribution in [0, 0.1) is 6.92 Å². The van der Waals surface area contributed by atoms with E-state index >= 15 is 0 Å². The number of hydrogen-bond acceptors (Lipinski definition) is 2. The standard InChI is InChI=1S/C16H13Cl2NO3/c1-9-3-2-4-10(7-9)8-13(20)19-12-6-5-11(17)14(15(12)18)16(21)22/h2-7H,8H2,1H3,(H,19,20)(H,21,22). The SMILES string of the molecule is Cc1cccc(CC(=O)Nc2ccc(Cl)c(C(=O)O)c2Cl)c1. The van der Waals surface area contributed by atoms with Gasteiger partial charge in [0, 0.05) is 0 Å². The van der Waals surface area contributed by atoms with Gasteiger partial charge in [-0.1, -0.05) is 53.0 Å². The molecule has 0 aliphatic rings. The van der Waals surface area contributed by atoms with E-state index in [1.54, 1.807) is 0 Å². The van der Waals surface area contributed by atoms with E-state index in [9.17, 15) is 9.59 Å². The zero-order valence-corrected chi connectivity index (χ0v) is 13.2. The van der Waals surface area contributed by atoms with Gasteiger partial charge in [0.05, 0.1) is 27.7 Å². The molecule has 114 valence electrons. The number of rotatable bonds is 4. The normalized spacial score (nSPS) is 10.3. The van der Waals surface area contributed by atoms with Crippen LogP contribution < -0.4 is 5.32 Å². The van der Waals surface area contributed by atoms with Crippen LogP contribution in [0.25, 0.3) is 0 Å². The minimum Gasteiger partial charge on any atom is -0.478 e. The molecule has 2 aromatic carbocycles. The zero-order chi connectivity index (χ0) is 16.3. The molecule has 0 bridgehead atoms. The number of carboxylic acids is 1. The van der Waals surface area contributed by atoms with E-state index in [0.717, 1.165) is 11.1 Å².